The van der Waals surface area contributed by atoms with Gasteiger partial charge in [0.15, 0.2) is 0 Å². The van der Waals surface area contributed by atoms with E-state index in [1.165, 1.54) is 18.7 Å². The van der Waals surface area contributed by atoms with E-state index in [9.17, 15) is 14.4 Å². The zero-order chi connectivity index (χ0) is 20.7. The molecule has 0 atom stereocenters. The Morgan fingerprint density at radius 3 is 2.30 bits per heavy atom. The van der Waals surface area contributed by atoms with Crippen LogP contribution in [0.3, 0.4) is 0 Å². The fourth-order valence-corrected chi connectivity index (χ4v) is 2.47. The van der Waals surface area contributed by atoms with Crippen LogP contribution in [-0.4, -0.2) is 21.6 Å². The Labute approximate surface area is 158 Å². The molecule has 0 fully saturated rings. The number of rotatable bonds is 5. The van der Waals surface area contributed by atoms with E-state index in [0.717, 1.165) is 15.7 Å². The second-order valence-corrected chi connectivity index (χ2v) is 5.74. The van der Waals surface area contributed by atoms with Gasteiger partial charge in [-0.1, -0.05) is 31.5 Å². The van der Waals surface area contributed by atoms with Gasteiger partial charge in [0.1, 0.15) is 11.4 Å². The molecule has 0 aliphatic heterocycles. The molecule has 0 radical (unpaired) electrons. The van der Waals surface area contributed by atoms with Gasteiger partial charge in [0.25, 0.3) is 11.5 Å². The van der Waals surface area contributed by atoms with Crippen molar-refractivity contribution in [2.75, 3.05) is 11.9 Å². The van der Waals surface area contributed by atoms with Crippen molar-refractivity contribution in [1.82, 2.24) is 14.6 Å². The fourth-order valence-electron chi connectivity index (χ4n) is 2.47. The Morgan fingerprint density at radius 1 is 1.11 bits per heavy atom. The molecule has 0 aliphatic rings. The number of hydrogen-bond donors (Lipinski definition) is 2. The van der Waals surface area contributed by atoms with Gasteiger partial charge < -0.3 is 5.32 Å². The summed E-state index contributed by atoms with van der Waals surface area (Å²) in [6, 6.07) is 5.69. The highest BCUT2D eigenvalue weighted by molar-refractivity contribution is 5.98. The highest BCUT2D eigenvalue weighted by Crippen LogP contribution is 2.22. The molecule has 1 amide bonds. The molecule has 0 saturated heterocycles. The summed E-state index contributed by atoms with van der Waals surface area (Å²) >= 11 is 0. The smallest absolute Gasteiger partial charge is 0.332 e. The van der Waals surface area contributed by atoms with Crippen LogP contribution in [0.5, 0.6) is 0 Å². The van der Waals surface area contributed by atoms with Crippen molar-refractivity contribution in [2.45, 2.75) is 34.6 Å². The van der Waals surface area contributed by atoms with Crippen LogP contribution in [0.1, 0.15) is 42.3 Å². The monoisotopic (exact) mass is 376 g/mol. The molecule has 27 heavy (non-hydrogen) atoms. The second-order valence-electron chi connectivity index (χ2n) is 5.74. The molecule has 2 rings (SSSR count). The van der Waals surface area contributed by atoms with E-state index in [1.807, 2.05) is 45.9 Å². The summed E-state index contributed by atoms with van der Waals surface area (Å²) in [4.78, 5) is 42.0. The molecule has 1 aromatic carbocycles. The largest absolute Gasteiger partial charge is 0.340 e. The Morgan fingerprint density at radius 2 is 1.74 bits per heavy atom. The number of carbonyl (C=O) groups excluding carboxylic acids is 1. The molecule has 0 bridgehead atoms. The summed E-state index contributed by atoms with van der Waals surface area (Å²) in [7, 11) is 2.81. The van der Waals surface area contributed by atoms with E-state index in [4.69, 9.17) is 4.84 Å². The summed E-state index contributed by atoms with van der Waals surface area (Å²) in [6.45, 7) is 9.81. The Kier molecular flexibility index (Phi) is 7.99. The quantitative estimate of drug-likeness (QED) is 0.780. The van der Waals surface area contributed by atoms with Gasteiger partial charge in [0.2, 0.25) is 0 Å². The van der Waals surface area contributed by atoms with Crippen molar-refractivity contribution in [3.63, 3.8) is 0 Å². The third-order valence-electron chi connectivity index (χ3n) is 3.84. The molecule has 8 nitrogen and oxygen atoms in total. The zero-order valence-electron chi connectivity index (χ0n) is 17.0. The number of aromatic nitrogens is 2. The van der Waals surface area contributed by atoms with Gasteiger partial charge in [0, 0.05) is 19.8 Å². The number of nitrogens with one attached hydrogen (secondary N) is 2. The average molecular weight is 376 g/mol. The first-order valence-electron chi connectivity index (χ1n) is 8.84. The lowest BCUT2D eigenvalue weighted by Gasteiger charge is -2.17. The van der Waals surface area contributed by atoms with Crippen LogP contribution in [0.2, 0.25) is 0 Å². The van der Waals surface area contributed by atoms with Crippen molar-refractivity contribution < 1.29 is 9.63 Å². The van der Waals surface area contributed by atoms with Crippen molar-refractivity contribution in [3.05, 3.63) is 55.7 Å². The summed E-state index contributed by atoms with van der Waals surface area (Å²) in [5.41, 5.74) is 3.46. The molecular formula is C19H28N4O4. The average Bonchev–Trinajstić information content (AvgIpc) is 2.66. The molecule has 148 valence electrons. The zero-order valence-corrected chi connectivity index (χ0v) is 17.0. The van der Waals surface area contributed by atoms with Gasteiger partial charge in [-0.25, -0.2) is 10.3 Å². The van der Waals surface area contributed by atoms with Crippen LogP contribution in [0.15, 0.2) is 27.8 Å². The van der Waals surface area contributed by atoms with Crippen LogP contribution in [-0.2, 0) is 18.9 Å². The second kappa shape index (κ2) is 9.72. The van der Waals surface area contributed by atoms with Gasteiger partial charge in [-0.15, -0.1) is 0 Å². The number of hydroxylamine groups is 1. The number of hydrogen-bond acceptors (Lipinski definition) is 5. The maximum atomic E-state index is 12.5. The lowest BCUT2D eigenvalue weighted by atomic mass is 10.1. The molecule has 0 aliphatic carbocycles. The number of carbonyl (C=O) groups is 1. The predicted molar refractivity (Wildman–Crippen MR) is 107 cm³/mol. The number of benzene rings is 1. The maximum Gasteiger partial charge on any atom is 0.332 e. The number of aryl methyl sites for hydroxylation is 2. The molecule has 1 aromatic heterocycles. The van der Waals surface area contributed by atoms with Gasteiger partial charge in [-0.3, -0.25) is 23.6 Å². The van der Waals surface area contributed by atoms with Crippen LogP contribution in [0, 0.1) is 13.8 Å². The molecular weight excluding hydrogens is 348 g/mol. The molecule has 2 N–H and O–H groups in total. The first kappa shape index (κ1) is 22.2. The number of amides is 1. The van der Waals surface area contributed by atoms with Gasteiger partial charge in [-0.05, 0) is 32.4 Å². The van der Waals surface area contributed by atoms with Gasteiger partial charge in [0.05, 0.1) is 6.61 Å². The molecule has 8 heteroatoms. The summed E-state index contributed by atoms with van der Waals surface area (Å²) < 4.78 is 2.11. The minimum absolute atomic E-state index is 0.109. The van der Waals surface area contributed by atoms with E-state index in [-0.39, 0.29) is 18.0 Å². The lowest BCUT2D eigenvalue weighted by Crippen LogP contribution is -2.43. The van der Waals surface area contributed by atoms with E-state index in [0.29, 0.717) is 5.69 Å². The van der Waals surface area contributed by atoms with Crippen molar-refractivity contribution in [3.8, 4) is 0 Å². The lowest BCUT2D eigenvalue weighted by molar-refractivity contribution is 0.0363. The van der Waals surface area contributed by atoms with Crippen molar-refractivity contribution in [1.29, 1.82) is 0 Å². The molecule has 0 saturated carbocycles. The molecule has 0 spiro atoms. The Hall–Kier alpha value is -2.87. The van der Waals surface area contributed by atoms with Gasteiger partial charge >= 0.3 is 5.69 Å². The molecule has 2 aromatic rings. The topological polar surface area (TPSA) is 94.4 Å². The highest BCUT2D eigenvalue weighted by Gasteiger charge is 2.22. The Balaban J connectivity index is 0.00000176. The highest BCUT2D eigenvalue weighted by atomic mass is 16.6. The number of nitrogens with zero attached hydrogens (tertiary/aromatic N) is 2. The SMILES string of the molecule is CC.CCONC(=O)c1c(Nc2ccc(C)cc2C)n(C)c(=O)n(C)c1=O. The van der Waals surface area contributed by atoms with E-state index >= 15 is 0 Å². The third kappa shape index (κ3) is 4.85. The minimum atomic E-state index is -0.717. The maximum absolute atomic E-state index is 12.5. The number of anilines is 2. The van der Waals surface area contributed by atoms with Crippen LogP contribution in [0.4, 0.5) is 11.5 Å². The first-order chi connectivity index (χ1) is 12.8. The third-order valence-corrected chi connectivity index (χ3v) is 3.84. The van der Waals surface area contributed by atoms with Crippen molar-refractivity contribution in [2.24, 2.45) is 14.1 Å². The van der Waals surface area contributed by atoms with Crippen LogP contribution in [0.25, 0.3) is 0 Å². The molecule has 1 heterocycles. The van der Waals surface area contributed by atoms with E-state index < -0.39 is 17.2 Å². The predicted octanol–water partition coefficient (Wildman–Crippen LogP) is 2.15. The standard InChI is InChI=1S/C17H22N4O4.C2H6/c1-6-25-19-15(22)13-14(20(4)17(24)21(5)16(13)23)18-12-8-7-10(2)9-11(12)3;1-2/h7-9,18H,6H2,1-5H3,(H,19,22);1-2H3. The fraction of sp³-hybridized carbons (Fsp3) is 0.421. The van der Waals surface area contributed by atoms with Crippen LogP contribution < -0.4 is 22.0 Å². The first-order valence-corrected chi connectivity index (χ1v) is 8.84. The van der Waals surface area contributed by atoms with E-state index in [2.05, 4.69) is 10.8 Å². The van der Waals surface area contributed by atoms with E-state index in [1.54, 1.807) is 6.92 Å². The summed E-state index contributed by atoms with van der Waals surface area (Å²) in [6.07, 6.45) is 0. The Bertz CT molecular complexity index is 929. The van der Waals surface area contributed by atoms with Crippen molar-refractivity contribution >= 4 is 17.4 Å². The van der Waals surface area contributed by atoms with Gasteiger partial charge in [-0.2, -0.15) is 0 Å². The minimum Gasteiger partial charge on any atom is -0.340 e. The normalized spacial score (nSPS) is 10.0. The summed E-state index contributed by atoms with van der Waals surface area (Å²) in [5.74, 6) is -0.609. The molecule has 0 unspecified atom stereocenters. The summed E-state index contributed by atoms with van der Waals surface area (Å²) in [5, 5.41) is 3.04. The van der Waals surface area contributed by atoms with Crippen LogP contribution >= 0.6 is 0 Å².